The van der Waals surface area contributed by atoms with Crippen molar-refractivity contribution in [1.29, 1.82) is 0 Å². The summed E-state index contributed by atoms with van der Waals surface area (Å²) in [5.74, 6) is -0.596. The van der Waals surface area contributed by atoms with Crippen LogP contribution in [0.1, 0.15) is 20.3 Å². The minimum atomic E-state index is -0.367. The molecule has 0 aliphatic carbocycles. The quantitative estimate of drug-likeness (QED) is 0.472. The Morgan fingerprint density at radius 1 is 1.18 bits per heavy atom. The maximum Gasteiger partial charge on any atom is 0.255 e. The molecule has 0 unspecified atom stereocenters. The molecule has 6 heteroatoms. The van der Waals surface area contributed by atoms with Gasteiger partial charge in [-0.25, -0.2) is 0 Å². The second-order valence-electron chi connectivity index (χ2n) is 3.56. The number of carbonyl (C=O) groups excluding carboxylic acids is 2. The lowest BCUT2D eigenvalue weighted by molar-refractivity contribution is -0.163. The molecule has 0 aromatic carbocycles. The first-order valence-corrected chi connectivity index (χ1v) is 5.83. The Morgan fingerprint density at radius 3 is 2.18 bits per heavy atom. The zero-order chi connectivity index (χ0) is 12.7. The third-order valence-electron chi connectivity index (χ3n) is 2.35. The predicted molar refractivity (Wildman–Crippen MR) is 59.2 cm³/mol. The molecule has 98 valence electrons. The third kappa shape index (κ3) is 4.41. The fraction of sp³-hybridized carbons (Fsp3) is 0.818. The highest BCUT2D eigenvalue weighted by Gasteiger charge is 2.27. The molecule has 1 saturated heterocycles. The van der Waals surface area contributed by atoms with E-state index in [0.717, 1.165) is 0 Å². The number of nitrogens with zero attached hydrogens (tertiary/aromatic N) is 1. The average Bonchev–Trinajstić information content (AvgIpc) is 2.29. The number of ether oxygens (including phenoxy) is 3. The van der Waals surface area contributed by atoms with Crippen LogP contribution in [0.2, 0.25) is 0 Å². The molecule has 6 nitrogen and oxygen atoms in total. The van der Waals surface area contributed by atoms with Crippen LogP contribution in [0.3, 0.4) is 0 Å². The molecular weight excluding hydrogens is 226 g/mol. The largest absolute Gasteiger partial charge is 0.362 e. The van der Waals surface area contributed by atoms with Crippen molar-refractivity contribution in [3.8, 4) is 0 Å². The molecule has 0 bridgehead atoms. The number of morpholine rings is 1. The van der Waals surface area contributed by atoms with E-state index >= 15 is 0 Å². The van der Waals surface area contributed by atoms with E-state index in [4.69, 9.17) is 14.2 Å². The van der Waals surface area contributed by atoms with Gasteiger partial charge in [-0.2, -0.15) is 0 Å². The summed E-state index contributed by atoms with van der Waals surface area (Å²) in [6, 6.07) is 0. The summed E-state index contributed by atoms with van der Waals surface area (Å²) in [7, 11) is 0. The molecule has 1 aliphatic rings. The Balaban J connectivity index is 2.40. The first-order valence-electron chi connectivity index (χ1n) is 5.83. The van der Waals surface area contributed by atoms with Crippen LogP contribution in [0.25, 0.3) is 0 Å². The van der Waals surface area contributed by atoms with E-state index in [1.807, 2.05) is 13.8 Å². The van der Waals surface area contributed by atoms with Crippen molar-refractivity contribution >= 4 is 11.8 Å². The van der Waals surface area contributed by atoms with Gasteiger partial charge in [-0.15, -0.1) is 0 Å². The van der Waals surface area contributed by atoms with E-state index < -0.39 is 0 Å². The highest BCUT2D eigenvalue weighted by molar-refractivity contribution is 5.98. The SMILES string of the molecule is CCOC(CCN1C(=O)COCC1=O)OCC. The van der Waals surface area contributed by atoms with Crippen molar-refractivity contribution in [2.75, 3.05) is 33.0 Å². The van der Waals surface area contributed by atoms with Crippen LogP contribution in [-0.2, 0) is 23.8 Å². The molecular formula is C11H19NO5. The van der Waals surface area contributed by atoms with Crippen LogP contribution in [-0.4, -0.2) is 56.0 Å². The monoisotopic (exact) mass is 245 g/mol. The molecule has 0 aromatic heterocycles. The molecule has 1 fully saturated rings. The molecule has 17 heavy (non-hydrogen) atoms. The zero-order valence-electron chi connectivity index (χ0n) is 10.3. The van der Waals surface area contributed by atoms with Crippen LogP contribution < -0.4 is 0 Å². The molecule has 0 atom stereocenters. The van der Waals surface area contributed by atoms with Gasteiger partial charge < -0.3 is 14.2 Å². The van der Waals surface area contributed by atoms with Crippen LogP contribution in [0.5, 0.6) is 0 Å². The molecule has 2 amide bonds. The van der Waals surface area contributed by atoms with Crippen molar-refractivity contribution in [3.63, 3.8) is 0 Å². The lowest BCUT2D eigenvalue weighted by Gasteiger charge is -2.26. The molecule has 1 rings (SSSR count). The Morgan fingerprint density at radius 2 is 1.71 bits per heavy atom. The maximum atomic E-state index is 11.4. The maximum absolute atomic E-state index is 11.4. The van der Waals surface area contributed by atoms with E-state index in [0.29, 0.717) is 26.2 Å². The average molecular weight is 245 g/mol. The van der Waals surface area contributed by atoms with Crippen molar-refractivity contribution < 1.29 is 23.8 Å². The van der Waals surface area contributed by atoms with E-state index in [-0.39, 0.29) is 31.3 Å². The van der Waals surface area contributed by atoms with E-state index in [1.54, 1.807) is 0 Å². The summed E-state index contributed by atoms with van der Waals surface area (Å²) in [6.45, 7) is 5.07. The highest BCUT2D eigenvalue weighted by Crippen LogP contribution is 2.07. The second kappa shape index (κ2) is 7.37. The van der Waals surface area contributed by atoms with Crippen molar-refractivity contribution in [2.45, 2.75) is 26.6 Å². The summed E-state index contributed by atoms with van der Waals surface area (Å²) < 4.78 is 15.5. The minimum Gasteiger partial charge on any atom is -0.362 e. The standard InChI is InChI=1S/C11H19NO5/c1-3-16-11(17-4-2)5-6-12-9(13)7-15-8-10(12)14/h11H,3-8H2,1-2H3. The summed E-state index contributed by atoms with van der Waals surface area (Å²) in [4.78, 5) is 24.1. The number of rotatable bonds is 7. The van der Waals surface area contributed by atoms with Gasteiger partial charge in [0.15, 0.2) is 6.29 Å². The van der Waals surface area contributed by atoms with Crippen LogP contribution in [0.15, 0.2) is 0 Å². The molecule has 1 heterocycles. The fourth-order valence-corrected chi connectivity index (χ4v) is 1.59. The topological polar surface area (TPSA) is 65.1 Å². The summed E-state index contributed by atoms with van der Waals surface area (Å²) in [6.07, 6.45) is 0.118. The predicted octanol–water partition coefficient (Wildman–Crippen LogP) is 0.161. The van der Waals surface area contributed by atoms with Gasteiger partial charge in [-0.05, 0) is 13.8 Å². The highest BCUT2D eigenvalue weighted by atomic mass is 16.7. The number of carbonyl (C=O) groups is 2. The number of hydrogen-bond acceptors (Lipinski definition) is 5. The normalized spacial score (nSPS) is 17.0. The molecule has 0 aromatic rings. The van der Waals surface area contributed by atoms with Gasteiger partial charge in [0.2, 0.25) is 0 Å². The second-order valence-corrected chi connectivity index (χ2v) is 3.56. The van der Waals surface area contributed by atoms with Crippen molar-refractivity contribution in [1.82, 2.24) is 4.90 Å². The number of imide groups is 1. The first kappa shape index (κ1) is 14.1. The van der Waals surface area contributed by atoms with Crippen LogP contribution in [0, 0.1) is 0 Å². The van der Waals surface area contributed by atoms with Crippen LogP contribution >= 0.6 is 0 Å². The van der Waals surface area contributed by atoms with Gasteiger partial charge in [-0.1, -0.05) is 0 Å². The lowest BCUT2D eigenvalue weighted by atomic mass is 10.3. The van der Waals surface area contributed by atoms with Crippen LogP contribution in [0.4, 0.5) is 0 Å². The smallest absolute Gasteiger partial charge is 0.255 e. The van der Waals surface area contributed by atoms with Gasteiger partial charge in [0.1, 0.15) is 13.2 Å². The third-order valence-corrected chi connectivity index (χ3v) is 2.35. The van der Waals surface area contributed by atoms with Gasteiger partial charge in [0.25, 0.3) is 11.8 Å². The summed E-state index contributed by atoms with van der Waals surface area (Å²) in [5.41, 5.74) is 0. The molecule has 0 spiro atoms. The Kier molecular flexibility index (Phi) is 6.10. The molecule has 0 radical (unpaired) electrons. The lowest BCUT2D eigenvalue weighted by Crippen LogP contribution is -2.47. The Labute approximate surface area is 101 Å². The van der Waals surface area contributed by atoms with E-state index in [2.05, 4.69) is 0 Å². The van der Waals surface area contributed by atoms with Crippen molar-refractivity contribution in [2.24, 2.45) is 0 Å². The fourth-order valence-electron chi connectivity index (χ4n) is 1.59. The van der Waals surface area contributed by atoms with Gasteiger partial charge >= 0.3 is 0 Å². The van der Waals surface area contributed by atoms with Gasteiger partial charge in [-0.3, -0.25) is 14.5 Å². The number of amides is 2. The number of hydrogen-bond donors (Lipinski definition) is 0. The van der Waals surface area contributed by atoms with Gasteiger partial charge in [0, 0.05) is 26.2 Å². The minimum absolute atomic E-state index is 0.0281. The summed E-state index contributed by atoms with van der Waals surface area (Å²) >= 11 is 0. The van der Waals surface area contributed by atoms with E-state index in [9.17, 15) is 9.59 Å². The molecule has 1 aliphatic heterocycles. The Hall–Kier alpha value is -0.980. The summed E-state index contributed by atoms with van der Waals surface area (Å²) in [5, 5.41) is 0. The zero-order valence-corrected chi connectivity index (χ0v) is 10.3. The van der Waals surface area contributed by atoms with Crippen molar-refractivity contribution in [3.05, 3.63) is 0 Å². The van der Waals surface area contributed by atoms with E-state index in [1.165, 1.54) is 4.90 Å². The molecule has 0 saturated carbocycles. The Bertz CT molecular complexity index is 247. The first-order chi connectivity index (χ1) is 8.19. The van der Waals surface area contributed by atoms with Gasteiger partial charge in [0.05, 0.1) is 0 Å². The molecule has 0 N–H and O–H groups in total.